The molecule has 0 heterocycles. The van der Waals surface area contributed by atoms with Gasteiger partial charge in [0.05, 0.1) is 24.2 Å². The predicted octanol–water partition coefficient (Wildman–Crippen LogP) is 2.02. The fourth-order valence-electron chi connectivity index (χ4n) is 1.78. The van der Waals surface area contributed by atoms with Crippen LogP contribution in [0.1, 0.15) is 19.4 Å². The van der Waals surface area contributed by atoms with Gasteiger partial charge in [-0.1, -0.05) is 0 Å². The van der Waals surface area contributed by atoms with Gasteiger partial charge in [0.1, 0.15) is 5.82 Å². The van der Waals surface area contributed by atoms with Gasteiger partial charge in [-0.15, -0.1) is 0 Å². The molecule has 22 heavy (non-hydrogen) atoms. The van der Waals surface area contributed by atoms with Crippen LogP contribution in [-0.4, -0.2) is 30.1 Å². The molecule has 1 aromatic carbocycles. The number of benzene rings is 1. The number of non-ortho nitro benzene ring substituents is 1. The summed E-state index contributed by atoms with van der Waals surface area (Å²) in [5, 5.41) is 10.6. The maximum Gasteiger partial charge on any atom is 0.320 e. The zero-order valence-electron chi connectivity index (χ0n) is 12.2. The summed E-state index contributed by atoms with van der Waals surface area (Å²) in [6, 6.07) is 3.01. The Morgan fingerprint density at radius 2 is 1.77 bits per heavy atom. The van der Waals surface area contributed by atoms with Gasteiger partial charge >= 0.3 is 11.9 Å². The lowest BCUT2D eigenvalue weighted by atomic mass is 9.98. The second-order valence-electron chi connectivity index (χ2n) is 4.29. The maximum absolute atomic E-state index is 13.9. The summed E-state index contributed by atoms with van der Waals surface area (Å²) in [4.78, 5) is 33.4. The minimum atomic E-state index is -1.31. The van der Waals surface area contributed by atoms with E-state index in [9.17, 15) is 24.1 Å². The zero-order chi connectivity index (χ0) is 16.7. The number of nitro benzene ring substituents is 1. The number of halogens is 1. The Hall–Kier alpha value is -2.51. The van der Waals surface area contributed by atoms with Gasteiger partial charge in [-0.3, -0.25) is 19.7 Å². The number of hydrogen-bond acceptors (Lipinski definition) is 6. The van der Waals surface area contributed by atoms with E-state index in [4.69, 9.17) is 9.47 Å². The number of ether oxygens (including phenoxy) is 2. The number of carbonyl (C=O) groups is 2. The van der Waals surface area contributed by atoms with Crippen molar-refractivity contribution in [3.8, 4) is 0 Å². The third kappa shape index (κ3) is 4.51. The van der Waals surface area contributed by atoms with E-state index in [-0.39, 0.29) is 25.2 Å². The Morgan fingerprint density at radius 3 is 2.18 bits per heavy atom. The molecule has 8 heteroatoms. The van der Waals surface area contributed by atoms with E-state index in [0.29, 0.717) is 0 Å². The van der Waals surface area contributed by atoms with Crippen molar-refractivity contribution in [3.63, 3.8) is 0 Å². The minimum Gasteiger partial charge on any atom is -0.465 e. The molecule has 0 spiro atoms. The lowest BCUT2D eigenvalue weighted by Gasteiger charge is -2.14. The molecule has 0 bridgehead atoms. The van der Waals surface area contributed by atoms with Crippen LogP contribution in [0.25, 0.3) is 0 Å². The fraction of sp³-hybridized carbons (Fsp3) is 0.429. The predicted molar refractivity (Wildman–Crippen MR) is 73.5 cm³/mol. The van der Waals surface area contributed by atoms with E-state index >= 15 is 0 Å². The highest BCUT2D eigenvalue weighted by Crippen LogP contribution is 2.20. The van der Waals surface area contributed by atoms with Gasteiger partial charge in [-0.25, -0.2) is 4.39 Å². The molecule has 0 radical (unpaired) electrons. The lowest BCUT2D eigenvalue weighted by molar-refractivity contribution is -0.385. The topological polar surface area (TPSA) is 95.7 Å². The van der Waals surface area contributed by atoms with Crippen molar-refractivity contribution in [2.75, 3.05) is 13.2 Å². The molecule has 0 amide bonds. The number of hydrogen-bond donors (Lipinski definition) is 0. The Kier molecular flexibility index (Phi) is 6.43. The summed E-state index contributed by atoms with van der Waals surface area (Å²) < 4.78 is 23.4. The molecule has 0 aliphatic rings. The van der Waals surface area contributed by atoms with Crippen molar-refractivity contribution in [1.29, 1.82) is 0 Å². The summed E-state index contributed by atoms with van der Waals surface area (Å²) in [6.07, 6.45) is -0.290. The van der Waals surface area contributed by atoms with Gasteiger partial charge < -0.3 is 9.47 Å². The maximum atomic E-state index is 13.9. The van der Waals surface area contributed by atoms with E-state index in [1.54, 1.807) is 13.8 Å². The van der Waals surface area contributed by atoms with Crippen LogP contribution >= 0.6 is 0 Å². The average Bonchev–Trinajstić information content (AvgIpc) is 2.46. The van der Waals surface area contributed by atoms with E-state index in [2.05, 4.69) is 0 Å². The van der Waals surface area contributed by atoms with Gasteiger partial charge in [0.25, 0.3) is 5.69 Å². The molecule has 1 rings (SSSR count). The first kappa shape index (κ1) is 17.5. The van der Waals surface area contributed by atoms with E-state index in [1.165, 1.54) is 6.07 Å². The molecule has 7 nitrogen and oxygen atoms in total. The van der Waals surface area contributed by atoms with Crippen molar-refractivity contribution < 1.29 is 28.4 Å². The van der Waals surface area contributed by atoms with Crippen LogP contribution in [0.4, 0.5) is 10.1 Å². The molecule has 0 unspecified atom stereocenters. The van der Waals surface area contributed by atoms with Crippen molar-refractivity contribution in [3.05, 3.63) is 39.7 Å². The summed E-state index contributed by atoms with van der Waals surface area (Å²) in [5.74, 6) is -3.82. The van der Waals surface area contributed by atoms with Crippen LogP contribution in [0.15, 0.2) is 18.2 Å². The smallest absolute Gasteiger partial charge is 0.320 e. The zero-order valence-corrected chi connectivity index (χ0v) is 12.2. The van der Waals surface area contributed by atoms with Gasteiger partial charge in [-0.2, -0.15) is 0 Å². The largest absolute Gasteiger partial charge is 0.465 e. The van der Waals surface area contributed by atoms with Crippen molar-refractivity contribution in [2.45, 2.75) is 20.3 Å². The lowest BCUT2D eigenvalue weighted by Crippen LogP contribution is -2.30. The van der Waals surface area contributed by atoms with Gasteiger partial charge in [0, 0.05) is 6.07 Å². The van der Waals surface area contributed by atoms with Crippen molar-refractivity contribution in [1.82, 2.24) is 0 Å². The number of nitrogens with zero attached hydrogens (tertiary/aromatic N) is 1. The molecule has 0 aliphatic carbocycles. The molecule has 0 aliphatic heterocycles. The summed E-state index contributed by atoms with van der Waals surface area (Å²) in [6.45, 7) is 3.29. The van der Waals surface area contributed by atoms with Crippen LogP contribution in [-0.2, 0) is 25.5 Å². The quantitative estimate of drug-likeness (QED) is 0.331. The van der Waals surface area contributed by atoms with Gasteiger partial charge in [0.2, 0.25) is 0 Å². The number of carbonyl (C=O) groups excluding carboxylic acids is 2. The highest BCUT2D eigenvalue weighted by molar-refractivity contribution is 5.95. The molecule has 1 aromatic rings. The monoisotopic (exact) mass is 313 g/mol. The molecule has 120 valence electrons. The minimum absolute atomic E-state index is 0.00305. The summed E-state index contributed by atoms with van der Waals surface area (Å²) in [7, 11) is 0. The Morgan fingerprint density at radius 1 is 1.23 bits per heavy atom. The van der Waals surface area contributed by atoms with Crippen LogP contribution < -0.4 is 0 Å². The highest BCUT2D eigenvalue weighted by Gasteiger charge is 2.31. The molecule has 0 N–H and O–H groups in total. The first-order valence-corrected chi connectivity index (χ1v) is 6.66. The molecule has 0 saturated carbocycles. The Labute approximate surface area is 126 Å². The summed E-state index contributed by atoms with van der Waals surface area (Å²) in [5.41, 5.74) is -0.415. The normalized spacial score (nSPS) is 10.4. The third-order valence-electron chi connectivity index (χ3n) is 2.81. The molecular formula is C14H16FNO6. The molecule has 0 aromatic heterocycles. The standard InChI is InChI=1S/C14H16FNO6/c1-3-21-13(17)11(14(18)22-4-2)7-9-5-6-10(16(19)20)8-12(9)15/h5-6,8,11H,3-4,7H2,1-2H3. The van der Waals surface area contributed by atoms with Crippen molar-refractivity contribution >= 4 is 17.6 Å². The average molecular weight is 313 g/mol. The molecular weight excluding hydrogens is 297 g/mol. The highest BCUT2D eigenvalue weighted by atomic mass is 19.1. The first-order chi connectivity index (χ1) is 10.4. The number of rotatable bonds is 7. The van der Waals surface area contributed by atoms with E-state index in [1.807, 2.05) is 0 Å². The first-order valence-electron chi connectivity index (χ1n) is 6.66. The van der Waals surface area contributed by atoms with Crippen LogP contribution in [0.3, 0.4) is 0 Å². The van der Waals surface area contributed by atoms with Crippen LogP contribution in [0, 0.1) is 21.8 Å². The number of esters is 2. The molecule has 0 saturated heterocycles. The second kappa shape index (κ2) is 8.06. The second-order valence-corrected chi connectivity index (χ2v) is 4.29. The van der Waals surface area contributed by atoms with Gasteiger partial charge in [0.15, 0.2) is 5.92 Å². The Bertz CT molecular complexity index is 556. The molecule has 0 atom stereocenters. The van der Waals surface area contributed by atoms with E-state index < -0.39 is 34.3 Å². The number of nitro groups is 1. The van der Waals surface area contributed by atoms with E-state index in [0.717, 1.165) is 12.1 Å². The molecule has 0 fully saturated rings. The summed E-state index contributed by atoms with van der Waals surface area (Å²) >= 11 is 0. The Balaban J connectivity index is 3.00. The fourth-order valence-corrected chi connectivity index (χ4v) is 1.78. The van der Waals surface area contributed by atoms with Crippen LogP contribution in [0.5, 0.6) is 0 Å². The van der Waals surface area contributed by atoms with Crippen molar-refractivity contribution in [2.24, 2.45) is 5.92 Å². The SMILES string of the molecule is CCOC(=O)C(Cc1ccc([N+](=O)[O-])cc1F)C(=O)OCC. The van der Waals surface area contributed by atoms with Gasteiger partial charge in [-0.05, 0) is 31.9 Å². The van der Waals surface area contributed by atoms with Crippen LogP contribution in [0.2, 0.25) is 0 Å². The third-order valence-corrected chi connectivity index (χ3v) is 2.81.